The highest BCUT2D eigenvalue weighted by atomic mass is 16.1. The maximum absolute atomic E-state index is 11.8. The number of nitrogens with zero attached hydrogens (tertiary/aromatic N) is 5. The van der Waals surface area contributed by atoms with Gasteiger partial charge in [0.2, 0.25) is 5.82 Å². The smallest absolute Gasteiger partial charge is 0.267 e. The molecule has 0 fully saturated rings. The first-order chi connectivity index (χ1) is 7.09. The minimum Gasteiger partial charge on any atom is -0.339 e. The van der Waals surface area contributed by atoms with Gasteiger partial charge in [-0.15, -0.1) is 5.10 Å². The van der Waals surface area contributed by atoms with Gasteiger partial charge in [-0.3, -0.25) is 4.79 Å². The van der Waals surface area contributed by atoms with Crippen molar-refractivity contribution in [2.45, 2.75) is 13.8 Å². The van der Waals surface area contributed by atoms with Crippen LogP contribution in [0.4, 0.5) is 0 Å². The molecule has 0 aliphatic heterocycles. The zero-order valence-corrected chi connectivity index (χ0v) is 8.64. The quantitative estimate of drug-likeness (QED) is 0.686. The summed E-state index contributed by atoms with van der Waals surface area (Å²) in [5.74, 6) is 0.130. The monoisotopic (exact) mass is 206 g/mol. The van der Waals surface area contributed by atoms with Crippen LogP contribution in [0.25, 0.3) is 0 Å². The first kappa shape index (κ1) is 9.50. The van der Waals surface area contributed by atoms with Crippen LogP contribution in [-0.4, -0.2) is 36.0 Å². The number of carbonyl (C=O) groups is 1. The van der Waals surface area contributed by atoms with Crippen molar-refractivity contribution in [1.82, 2.24) is 30.2 Å². The molecule has 7 nitrogen and oxygen atoms in total. The van der Waals surface area contributed by atoms with Gasteiger partial charge in [0.05, 0.1) is 5.69 Å². The molecule has 0 amide bonds. The second-order valence-electron chi connectivity index (χ2n) is 3.25. The lowest BCUT2D eigenvalue weighted by molar-refractivity contribution is 0.101. The predicted octanol–water partition coefficient (Wildman–Crippen LogP) is -0.219. The van der Waals surface area contributed by atoms with Gasteiger partial charge in [-0.25, -0.2) is 9.67 Å². The largest absolute Gasteiger partial charge is 0.339 e. The molecule has 0 saturated carbocycles. The van der Waals surface area contributed by atoms with E-state index in [-0.39, 0.29) is 17.4 Å². The van der Waals surface area contributed by atoms with Crippen molar-refractivity contribution < 1.29 is 4.79 Å². The predicted molar refractivity (Wildman–Crippen MR) is 50.3 cm³/mol. The summed E-state index contributed by atoms with van der Waals surface area (Å²) in [6, 6.07) is 0. The van der Waals surface area contributed by atoms with Gasteiger partial charge in [-0.1, -0.05) is 0 Å². The van der Waals surface area contributed by atoms with E-state index in [1.54, 1.807) is 7.05 Å². The Morgan fingerprint density at radius 1 is 1.40 bits per heavy atom. The molecule has 2 aromatic heterocycles. The summed E-state index contributed by atoms with van der Waals surface area (Å²) >= 11 is 0. The lowest BCUT2D eigenvalue weighted by Crippen LogP contribution is -2.11. The third kappa shape index (κ3) is 1.51. The number of carbonyl (C=O) groups excluding carboxylic acids is 1. The molecule has 0 bridgehead atoms. The van der Waals surface area contributed by atoms with Gasteiger partial charge < -0.3 is 4.98 Å². The van der Waals surface area contributed by atoms with Crippen LogP contribution in [0.5, 0.6) is 0 Å². The van der Waals surface area contributed by atoms with Crippen molar-refractivity contribution in [3.05, 3.63) is 23.0 Å². The number of hydrogen-bond donors (Lipinski definition) is 1. The molecular formula is C8H10N6O. The number of H-pyrrole nitrogens is 1. The molecule has 0 spiro atoms. The van der Waals surface area contributed by atoms with Gasteiger partial charge in [0.25, 0.3) is 5.78 Å². The Balaban J connectivity index is 2.41. The summed E-state index contributed by atoms with van der Waals surface area (Å²) in [6.07, 6.45) is 0. The maximum Gasteiger partial charge on any atom is 0.267 e. The van der Waals surface area contributed by atoms with E-state index in [9.17, 15) is 4.79 Å². The van der Waals surface area contributed by atoms with E-state index < -0.39 is 0 Å². The molecule has 7 heteroatoms. The molecule has 15 heavy (non-hydrogen) atoms. The number of tetrazole rings is 1. The van der Waals surface area contributed by atoms with Crippen LogP contribution < -0.4 is 0 Å². The Labute approximate surface area is 85.5 Å². The normalized spacial score (nSPS) is 10.6. The van der Waals surface area contributed by atoms with Crippen LogP contribution in [0.2, 0.25) is 0 Å². The first-order valence-electron chi connectivity index (χ1n) is 4.40. The molecule has 0 radical (unpaired) electrons. The Morgan fingerprint density at radius 2 is 2.13 bits per heavy atom. The van der Waals surface area contributed by atoms with Gasteiger partial charge in [0, 0.05) is 12.7 Å². The molecule has 0 atom stereocenters. The number of nitrogens with one attached hydrogen (secondary N) is 1. The second kappa shape index (κ2) is 3.26. The summed E-state index contributed by atoms with van der Waals surface area (Å²) in [7, 11) is 1.61. The zero-order chi connectivity index (χ0) is 11.0. The lowest BCUT2D eigenvalue weighted by Gasteiger charge is -1.93. The standard InChI is InChI=1S/C8H10N6O/c1-4-5(2)10-7(9-4)6(15)8-11-12-13-14(8)3/h1-3H3,(H,9,10). The Hall–Kier alpha value is -2.05. The highest BCUT2D eigenvalue weighted by molar-refractivity contribution is 6.03. The molecule has 0 aliphatic carbocycles. The van der Waals surface area contributed by atoms with E-state index in [2.05, 4.69) is 25.5 Å². The molecule has 0 unspecified atom stereocenters. The van der Waals surface area contributed by atoms with Crippen molar-refractivity contribution in [1.29, 1.82) is 0 Å². The Kier molecular flexibility index (Phi) is 2.07. The van der Waals surface area contributed by atoms with Crippen molar-refractivity contribution in [3.63, 3.8) is 0 Å². The third-order valence-electron chi connectivity index (χ3n) is 2.17. The fourth-order valence-electron chi connectivity index (χ4n) is 1.18. The van der Waals surface area contributed by atoms with E-state index in [0.29, 0.717) is 0 Å². The minimum absolute atomic E-state index is 0.170. The van der Waals surface area contributed by atoms with E-state index in [4.69, 9.17) is 0 Å². The van der Waals surface area contributed by atoms with Crippen molar-refractivity contribution in [2.24, 2.45) is 7.05 Å². The minimum atomic E-state index is -0.307. The molecule has 0 aromatic carbocycles. The number of rotatable bonds is 2. The summed E-state index contributed by atoms with van der Waals surface area (Å²) in [4.78, 5) is 18.8. The van der Waals surface area contributed by atoms with Crippen molar-refractivity contribution in [2.75, 3.05) is 0 Å². The van der Waals surface area contributed by atoms with Crippen LogP contribution in [0.15, 0.2) is 0 Å². The molecule has 2 heterocycles. The van der Waals surface area contributed by atoms with E-state index in [1.807, 2.05) is 13.8 Å². The van der Waals surface area contributed by atoms with Gasteiger partial charge in [-0.05, 0) is 24.3 Å². The highest BCUT2D eigenvalue weighted by Gasteiger charge is 2.19. The van der Waals surface area contributed by atoms with Crippen molar-refractivity contribution >= 4 is 5.78 Å². The van der Waals surface area contributed by atoms with E-state index in [0.717, 1.165) is 11.4 Å². The second-order valence-corrected chi connectivity index (χ2v) is 3.25. The number of hydrogen-bond acceptors (Lipinski definition) is 5. The van der Waals surface area contributed by atoms with E-state index >= 15 is 0 Å². The average Bonchev–Trinajstić information content (AvgIpc) is 2.74. The van der Waals surface area contributed by atoms with Crippen LogP contribution >= 0.6 is 0 Å². The molecule has 78 valence electrons. The third-order valence-corrected chi connectivity index (χ3v) is 2.17. The van der Waals surface area contributed by atoms with Crippen LogP contribution in [0.1, 0.15) is 27.8 Å². The fraction of sp³-hybridized carbons (Fsp3) is 0.375. The van der Waals surface area contributed by atoms with Crippen LogP contribution in [0.3, 0.4) is 0 Å². The van der Waals surface area contributed by atoms with Crippen molar-refractivity contribution in [3.8, 4) is 0 Å². The summed E-state index contributed by atoms with van der Waals surface area (Å²) in [5.41, 5.74) is 1.67. The van der Waals surface area contributed by atoms with E-state index in [1.165, 1.54) is 4.68 Å². The van der Waals surface area contributed by atoms with Gasteiger partial charge >= 0.3 is 0 Å². The maximum atomic E-state index is 11.8. The number of imidazole rings is 1. The lowest BCUT2D eigenvalue weighted by atomic mass is 10.3. The Morgan fingerprint density at radius 3 is 2.60 bits per heavy atom. The molecule has 0 saturated heterocycles. The number of aromatic nitrogens is 6. The molecule has 2 rings (SSSR count). The average molecular weight is 206 g/mol. The number of aromatic amines is 1. The van der Waals surface area contributed by atoms with Gasteiger partial charge in [-0.2, -0.15) is 0 Å². The number of ketones is 1. The summed E-state index contributed by atoms with van der Waals surface area (Å²) in [6.45, 7) is 3.69. The fourth-order valence-corrected chi connectivity index (χ4v) is 1.18. The molecule has 1 N–H and O–H groups in total. The Bertz CT molecular complexity index is 491. The van der Waals surface area contributed by atoms with Gasteiger partial charge in [0.15, 0.2) is 5.82 Å². The highest BCUT2D eigenvalue weighted by Crippen LogP contribution is 2.06. The molecule has 0 aliphatic rings. The summed E-state index contributed by atoms with van der Waals surface area (Å²) in [5, 5.41) is 10.6. The zero-order valence-electron chi connectivity index (χ0n) is 8.64. The first-order valence-corrected chi connectivity index (χ1v) is 4.40. The number of aryl methyl sites for hydroxylation is 3. The van der Waals surface area contributed by atoms with Crippen LogP contribution in [0, 0.1) is 13.8 Å². The summed E-state index contributed by atoms with van der Waals surface area (Å²) < 4.78 is 1.32. The SMILES string of the molecule is Cc1nc(C(=O)c2nnnn2C)[nH]c1C. The van der Waals surface area contributed by atoms with Gasteiger partial charge in [0.1, 0.15) is 0 Å². The van der Waals surface area contributed by atoms with Crippen LogP contribution in [-0.2, 0) is 7.05 Å². The molecular weight excluding hydrogens is 196 g/mol. The topological polar surface area (TPSA) is 89.3 Å². The molecule has 2 aromatic rings.